The highest BCUT2D eigenvalue weighted by Gasteiger charge is 2.20. The summed E-state index contributed by atoms with van der Waals surface area (Å²) in [6, 6.07) is 7.52. The molecule has 2 rings (SSSR count). The van der Waals surface area contributed by atoms with Crippen LogP contribution in [0.1, 0.15) is 15.9 Å². The van der Waals surface area contributed by atoms with Gasteiger partial charge in [-0.1, -0.05) is 27.5 Å². The van der Waals surface area contributed by atoms with Crippen molar-refractivity contribution in [2.45, 2.75) is 6.92 Å². The summed E-state index contributed by atoms with van der Waals surface area (Å²) in [4.78, 5) is 21.6. The summed E-state index contributed by atoms with van der Waals surface area (Å²) in [7, 11) is 0. The van der Waals surface area contributed by atoms with Gasteiger partial charge in [0.25, 0.3) is 0 Å². The number of nitro groups is 1. The van der Waals surface area contributed by atoms with E-state index < -0.39 is 4.92 Å². The molecule has 21 heavy (non-hydrogen) atoms. The van der Waals surface area contributed by atoms with Gasteiger partial charge in [-0.25, -0.2) is 0 Å². The number of hydrogen-bond acceptors (Lipinski definition) is 4. The van der Waals surface area contributed by atoms with E-state index in [-0.39, 0.29) is 22.7 Å². The van der Waals surface area contributed by atoms with Gasteiger partial charge in [0.05, 0.1) is 10.5 Å². The quantitative estimate of drug-likeness (QED) is 0.435. The molecule has 0 N–H and O–H groups in total. The van der Waals surface area contributed by atoms with Crippen LogP contribution in [0.5, 0.6) is 11.5 Å². The van der Waals surface area contributed by atoms with Gasteiger partial charge in [0.1, 0.15) is 5.75 Å². The monoisotopic (exact) mass is 369 g/mol. The molecule has 0 fully saturated rings. The molecule has 108 valence electrons. The summed E-state index contributed by atoms with van der Waals surface area (Å²) >= 11 is 9.01. The minimum atomic E-state index is -0.538. The third kappa shape index (κ3) is 3.40. The van der Waals surface area contributed by atoms with Gasteiger partial charge in [-0.3, -0.25) is 14.9 Å². The number of hydrogen-bond donors (Lipinski definition) is 0. The summed E-state index contributed by atoms with van der Waals surface area (Å²) in [5.74, 6) is 0.302. The van der Waals surface area contributed by atoms with Crippen LogP contribution in [0.2, 0.25) is 5.02 Å². The van der Waals surface area contributed by atoms with Gasteiger partial charge in [-0.15, -0.1) is 0 Å². The first-order valence-electron chi connectivity index (χ1n) is 5.79. The van der Waals surface area contributed by atoms with Crippen LogP contribution >= 0.6 is 27.5 Å². The molecule has 0 aliphatic heterocycles. The molecule has 5 nitrogen and oxygen atoms in total. The van der Waals surface area contributed by atoms with Crippen LogP contribution in [0.25, 0.3) is 0 Å². The average Bonchev–Trinajstić information content (AvgIpc) is 2.42. The number of aldehydes is 1. The Morgan fingerprint density at radius 1 is 1.33 bits per heavy atom. The summed E-state index contributed by atoms with van der Waals surface area (Å²) in [6.07, 6.45) is 0.585. The van der Waals surface area contributed by atoms with Crippen molar-refractivity contribution in [2.24, 2.45) is 0 Å². The van der Waals surface area contributed by atoms with E-state index in [1.165, 1.54) is 18.2 Å². The molecule has 0 bridgehead atoms. The van der Waals surface area contributed by atoms with Gasteiger partial charge in [0.2, 0.25) is 5.75 Å². The molecule has 2 aromatic rings. The number of carbonyl (C=O) groups excluding carboxylic acids is 1. The maximum Gasteiger partial charge on any atom is 0.312 e. The lowest BCUT2D eigenvalue weighted by molar-refractivity contribution is -0.385. The Morgan fingerprint density at radius 3 is 2.67 bits per heavy atom. The van der Waals surface area contributed by atoms with Gasteiger partial charge >= 0.3 is 5.69 Å². The second-order valence-electron chi connectivity index (χ2n) is 4.23. The minimum absolute atomic E-state index is 0.0913. The standard InChI is InChI=1S/C14H9BrClNO4/c1-8-4-10(15)6-12(17(19)20)14(8)21-13-3-2-11(16)5-9(13)7-18/h2-7H,1H3. The second-order valence-corrected chi connectivity index (χ2v) is 5.58. The molecule has 0 saturated heterocycles. The highest BCUT2D eigenvalue weighted by molar-refractivity contribution is 9.10. The van der Waals surface area contributed by atoms with Crippen LogP contribution in [-0.4, -0.2) is 11.2 Å². The molecule has 0 saturated carbocycles. The van der Waals surface area contributed by atoms with Crippen molar-refractivity contribution < 1.29 is 14.5 Å². The zero-order chi connectivity index (χ0) is 15.6. The highest BCUT2D eigenvalue weighted by Crippen LogP contribution is 2.38. The smallest absolute Gasteiger partial charge is 0.312 e. The number of carbonyl (C=O) groups is 1. The van der Waals surface area contributed by atoms with E-state index in [0.717, 1.165) is 0 Å². The molecular formula is C14H9BrClNO4. The van der Waals surface area contributed by atoms with E-state index in [0.29, 0.717) is 21.3 Å². The van der Waals surface area contributed by atoms with Crippen molar-refractivity contribution in [3.63, 3.8) is 0 Å². The van der Waals surface area contributed by atoms with Crippen LogP contribution < -0.4 is 4.74 Å². The molecule has 0 radical (unpaired) electrons. The maximum absolute atomic E-state index is 11.1. The number of ether oxygens (including phenoxy) is 1. The molecular weight excluding hydrogens is 362 g/mol. The number of nitro benzene ring substituents is 1. The normalized spacial score (nSPS) is 10.2. The topological polar surface area (TPSA) is 69.4 Å². The molecule has 0 heterocycles. The molecule has 0 aliphatic rings. The highest BCUT2D eigenvalue weighted by atomic mass is 79.9. The molecule has 0 atom stereocenters. The van der Waals surface area contributed by atoms with Crippen LogP contribution in [0.3, 0.4) is 0 Å². The Kier molecular flexibility index (Phi) is 4.59. The van der Waals surface area contributed by atoms with E-state index in [9.17, 15) is 14.9 Å². The van der Waals surface area contributed by atoms with Crippen LogP contribution in [0.4, 0.5) is 5.69 Å². The predicted octanol–water partition coefficient (Wildman–Crippen LogP) is 4.92. The molecule has 0 amide bonds. The van der Waals surface area contributed by atoms with Crippen molar-refractivity contribution in [3.8, 4) is 11.5 Å². The third-order valence-electron chi connectivity index (χ3n) is 2.73. The Bertz CT molecular complexity index is 733. The van der Waals surface area contributed by atoms with E-state index >= 15 is 0 Å². The molecule has 0 aliphatic carbocycles. The third-order valence-corrected chi connectivity index (χ3v) is 3.42. The van der Waals surface area contributed by atoms with Gasteiger partial charge < -0.3 is 4.74 Å². The van der Waals surface area contributed by atoms with Crippen molar-refractivity contribution in [1.82, 2.24) is 0 Å². The van der Waals surface area contributed by atoms with Crippen LogP contribution in [0, 0.1) is 17.0 Å². The van der Waals surface area contributed by atoms with E-state index in [2.05, 4.69) is 15.9 Å². The fraction of sp³-hybridized carbons (Fsp3) is 0.0714. The van der Waals surface area contributed by atoms with Crippen LogP contribution in [0.15, 0.2) is 34.8 Å². The first-order valence-corrected chi connectivity index (χ1v) is 6.96. The fourth-order valence-electron chi connectivity index (χ4n) is 1.79. The first-order chi connectivity index (χ1) is 9.92. The minimum Gasteiger partial charge on any atom is -0.449 e. The number of aryl methyl sites for hydroxylation is 1. The maximum atomic E-state index is 11.1. The predicted molar refractivity (Wildman–Crippen MR) is 82.4 cm³/mol. The molecule has 2 aromatic carbocycles. The Hall–Kier alpha value is -1.92. The van der Waals surface area contributed by atoms with Gasteiger partial charge in [-0.2, -0.15) is 0 Å². The van der Waals surface area contributed by atoms with Gasteiger partial charge in [0, 0.05) is 15.6 Å². The van der Waals surface area contributed by atoms with E-state index in [4.69, 9.17) is 16.3 Å². The van der Waals surface area contributed by atoms with Crippen molar-refractivity contribution in [1.29, 1.82) is 0 Å². The zero-order valence-electron chi connectivity index (χ0n) is 10.8. The lowest BCUT2D eigenvalue weighted by Crippen LogP contribution is -1.98. The number of halogens is 2. The van der Waals surface area contributed by atoms with Crippen molar-refractivity contribution >= 4 is 39.5 Å². The number of benzene rings is 2. The fourth-order valence-corrected chi connectivity index (χ4v) is 2.54. The van der Waals surface area contributed by atoms with Gasteiger partial charge in [-0.05, 0) is 36.8 Å². The summed E-state index contributed by atoms with van der Waals surface area (Å²) in [5.41, 5.74) is 0.607. The van der Waals surface area contributed by atoms with E-state index in [1.54, 1.807) is 19.1 Å². The number of nitrogens with zero attached hydrogens (tertiary/aromatic N) is 1. The molecule has 0 unspecified atom stereocenters. The average molecular weight is 371 g/mol. The lowest BCUT2D eigenvalue weighted by Gasteiger charge is -2.11. The second kappa shape index (κ2) is 6.24. The van der Waals surface area contributed by atoms with Crippen LogP contribution in [-0.2, 0) is 0 Å². The zero-order valence-corrected chi connectivity index (χ0v) is 13.1. The van der Waals surface area contributed by atoms with Gasteiger partial charge in [0.15, 0.2) is 6.29 Å². The SMILES string of the molecule is Cc1cc(Br)cc([N+](=O)[O-])c1Oc1ccc(Cl)cc1C=O. The Labute approximate surface area is 133 Å². The summed E-state index contributed by atoms with van der Waals surface area (Å²) < 4.78 is 6.16. The Morgan fingerprint density at radius 2 is 2.05 bits per heavy atom. The summed E-state index contributed by atoms with van der Waals surface area (Å²) in [5, 5.41) is 11.5. The lowest BCUT2D eigenvalue weighted by atomic mass is 10.2. The van der Waals surface area contributed by atoms with Crippen molar-refractivity contribution in [2.75, 3.05) is 0 Å². The first kappa shape index (κ1) is 15.5. The molecule has 0 aromatic heterocycles. The van der Waals surface area contributed by atoms with Crippen molar-refractivity contribution in [3.05, 3.63) is 61.1 Å². The molecule has 7 heteroatoms. The van der Waals surface area contributed by atoms with E-state index in [1.807, 2.05) is 0 Å². The number of rotatable bonds is 4. The summed E-state index contributed by atoms with van der Waals surface area (Å²) in [6.45, 7) is 1.68. The Balaban J connectivity index is 2.54. The molecule has 0 spiro atoms. The largest absolute Gasteiger partial charge is 0.449 e.